The van der Waals surface area contributed by atoms with Gasteiger partial charge in [0.25, 0.3) is 0 Å². The fraction of sp³-hybridized carbons (Fsp3) is 0.111. The summed E-state index contributed by atoms with van der Waals surface area (Å²) in [6.07, 6.45) is -1.65. The van der Waals surface area contributed by atoms with Gasteiger partial charge in [0.2, 0.25) is 0 Å². The number of rotatable bonds is 5. The van der Waals surface area contributed by atoms with Crippen LogP contribution in [0.25, 0.3) is 17.0 Å². The van der Waals surface area contributed by atoms with E-state index in [4.69, 9.17) is 34.5 Å². The van der Waals surface area contributed by atoms with Crippen LogP contribution >= 0.6 is 23.2 Å². The highest BCUT2D eigenvalue weighted by Gasteiger charge is 2.31. The normalized spacial score (nSPS) is 12.8. The molecule has 0 saturated carbocycles. The Bertz CT molecular complexity index is 1130. The molecule has 0 aliphatic carbocycles. The number of aromatic nitrogens is 2. The molecule has 0 atom stereocenters. The van der Waals surface area contributed by atoms with Gasteiger partial charge in [-0.1, -0.05) is 34.5 Å². The summed E-state index contributed by atoms with van der Waals surface area (Å²) in [5.74, 6) is -0.0460. The Morgan fingerprint density at radius 2 is 1.97 bits per heavy atom. The van der Waals surface area contributed by atoms with E-state index >= 15 is 0 Å². The Kier molecular flexibility index (Phi) is 5.90. The minimum absolute atomic E-state index is 0.0460. The van der Waals surface area contributed by atoms with E-state index in [0.717, 1.165) is 12.1 Å². The van der Waals surface area contributed by atoms with Gasteiger partial charge in [-0.25, -0.2) is 0 Å². The summed E-state index contributed by atoms with van der Waals surface area (Å²) in [7, 11) is 0. The van der Waals surface area contributed by atoms with Crippen LogP contribution in [0.4, 0.5) is 13.2 Å². The second kappa shape index (κ2) is 8.22. The maximum Gasteiger partial charge on any atom is 0.416 e. The average molecular weight is 441 g/mol. The van der Waals surface area contributed by atoms with Crippen LogP contribution in [0.2, 0.25) is 10.0 Å². The lowest BCUT2D eigenvalue weighted by atomic mass is 10.1. The largest absolute Gasteiger partial charge is 0.416 e. The van der Waals surface area contributed by atoms with Gasteiger partial charge < -0.3 is 5.73 Å². The molecule has 0 aliphatic heterocycles. The zero-order valence-electron chi connectivity index (χ0n) is 14.6. The molecule has 3 rings (SSSR count). The molecule has 6 nitrogen and oxygen atoms in total. The number of hydrogen-bond acceptors (Lipinski definition) is 3. The van der Waals surface area contributed by atoms with Crippen molar-refractivity contribution in [1.82, 2.24) is 9.78 Å². The van der Waals surface area contributed by atoms with Gasteiger partial charge >= 0.3 is 6.18 Å². The Morgan fingerprint density at radius 1 is 1.21 bits per heavy atom. The van der Waals surface area contributed by atoms with Crippen molar-refractivity contribution in [3.8, 4) is 0 Å². The summed E-state index contributed by atoms with van der Waals surface area (Å²) in [6.45, 7) is 0.132. The molecule has 29 heavy (non-hydrogen) atoms. The smallest absolute Gasteiger partial charge is 0.382 e. The first kappa shape index (κ1) is 20.8. The fourth-order valence-corrected chi connectivity index (χ4v) is 3.15. The Labute approximate surface area is 172 Å². The summed E-state index contributed by atoms with van der Waals surface area (Å²) in [6, 6.07) is 8.22. The minimum Gasteiger partial charge on any atom is -0.382 e. The summed E-state index contributed by atoms with van der Waals surface area (Å²) in [5.41, 5.74) is 12.7. The third-order valence-corrected chi connectivity index (χ3v) is 4.61. The van der Waals surface area contributed by atoms with Gasteiger partial charge in [-0.3, -0.25) is 4.68 Å². The molecule has 0 radical (unpaired) electrons. The van der Waals surface area contributed by atoms with Gasteiger partial charge in [0, 0.05) is 15.4 Å². The van der Waals surface area contributed by atoms with Crippen LogP contribution in [0.3, 0.4) is 0 Å². The van der Waals surface area contributed by atoms with E-state index in [1.807, 2.05) is 0 Å². The molecule has 1 aromatic heterocycles. The van der Waals surface area contributed by atoms with Gasteiger partial charge in [-0.05, 0) is 48.0 Å². The van der Waals surface area contributed by atoms with Crippen molar-refractivity contribution in [2.24, 2.45) is 16.1 Å². The van der Waals surface area contributed by atoms with Crippen molar-refractivity contribution < 1.29 is 13.2 Å². The van der Waals surface area contributed by atoms with Gasteiger partial charge in [0.1, 0.15) is 5.84 Å². The van der Waals surface area contributed by atoms with E-state index in [9.17, 15) is 13.2 Å². The first-order valence-corrected chi connectivity index (χ1v) is 8.84. The topological polar surface area (TPSA) is 92.4 Å². The second-order valence-corrected chi connectivity index (χ2v) is 6.81. The van der Waals surface area contributed by atoms with E-state index in [-0.39, 0.29) is 17.9 Å². The highest BCUT2D eigenvalue weighted by Crippen LogP contribution is 2.33. The Morgan fingerprint density at radius 3 is 2.62 bits per heavy atom. The fourth-order valence-electron chi connectivity index (χ4n) is 2.69. The van der Waals surface area contributed by atoms with Crippen LogP contribution in [0.5, 0.6) is 0 Å². The van der Waals surface area contributed by atoms with Crippen LogP contribution in [-0.4, -0.2) is 15.6 Å². The van der Waals surface area contributed by atoms with E-state index in [0.29, 0.717) is 26.7 Å². The van der Waals surface area contributed by atoms with Crippen molar-refractivity contribution in [3.63, 3.8) is 0 Å². The van der Waals surface area contributed by atoms with Crippen LogP contribution in [0.1, 0.15) is 16.8 Å². The van der Waals surface area contributed by atoms with Gasteiger partial charge in [-0.2, -0.15) is 23.8 Å². The molecular weight excluding hydrogens is 428 g/mol. The second-order valence-electron chi connectivity index (χ2n) is 5.97. The maximum atomic E-state index is 13.2. The Hall–Kier alpha value is -2.91. The number of nitrogens with one attached hydrogen (secondary N) is 1. The number of benzene rings is 2. The summed E-state index contributed by atoms with van der Waals surface area (Å²) >= 11 is 12.1. The lowest BCUT2D eigenvalue weighted by molar-refractivity contribution is -0.137. The molecule has 0 fully saturated rings. The number of halogens is 5. The number of alkyl halides is 3. The first-order valence-electron chi connectivity index (χ1n) is 8.08. The van der Waals surface area contributed by atoms with Crippen molar-refractivity contribution in [2.45, 2.75) is 12.7 Å². The molecule has 3 N–H and O–H groups in total. The number of amidine groups is 1. The van der Waals surface area contributed by atoms with Crippen molar-refractivity contribution in [1.29, 1.82) is 5.53 Å². The van der Waals surface area contributed by atoms with Crippen LogP contribution in [-0.2, 0) is 12.7 Å². The zero-order chi connectivity index (χ0) is 21.2. The highest BCUT2D eigenvalue weighted by atomic mass is 35.5. The predicted octanol–water partition coefficient (Wildman–Crippen LogP) is 5.73. The molecule has 2 aromatic carbocycles. The quantitative estimate of drug-likeness (QED) is 0.229. The van der Waals surface area contributed by atoms with Gasteiger partial charge in [0.15, 0.2) is 0 Å². The van der Waals surface area contributed by atoms with Crippen molar-refractivity contribution in [2.75, 3.05) is 0 Å². The molecule has 1 heterocycles. The average Bonchev–Trinajstić information content (AvgIpc) is 2.99. The molecule has 0 spiro atoms. The number of nitrogens with zero attached hydrogens (tertiary/aromatic N) is 4. The minimum atomic E-state index is -4.50. The Balaban J connectivity index is 2.13. The monoisotopic (exact) mass is 440 g/mol. The molecule has 0 unspecified atom stereocenters. The SMILES string of the molecule is N=N/N=C(N)/C=C/c1nn(Cc2ccc(Cl)cc2Cl)c2cc(C(F)(F)F)ccc12. The summed E-state index contributed by atoms with van der Waals surface area (Å²) in [4.78, 5) is 0. The lowest BCUT2D eigenvalue weighted by Crippen LogP contribution is -2.06. The van der Waals surface area contributed by atoms with Crippen LogP contribution in [0.15, 0.2) is 52.8 Å². The number of fused-ring (bicyclic) bond motifs is 1. The molecule has 0 aliphatic rings. The molecule has 11 heteroatoms. The summed E-state index contributed by atoms with van der Waals surface area (Å²) < 4.78 is 41.0. The standard InChI is InChI=1S/C18H13Cl2F3N6/c19-12-3-1-10(14(20)8-12)9-29-16-7-11(18(21,22)23)2-4-13(16)15(27-29)5-6-17(24)26-28-25/h1-8H,9H2,(H3,24,25,26)/b6-5+. The van der Waals surface area contributed by atoms with Crippen LogP contribution in [0, 0.1) is 5.53 Å². The predicted molar refractivity (Wildman–Crippen MR) is 106 cm³/mol. The third kappa shape index (κ3) is 4.75. The molecule has 0 saturated heterocycles. The number of nitrogens with two attached hydrogens (primary N) is 1. The summed E-state index contributed by atoms with van der Waals surface area (Å²) in [5, 5.41) is 11.8. The highest BCUT2D eigenvalue weighted by molar-refractivity contribution is 6.35. The van der Waals surface area contributed by atoms with Crippen molar-refractivity contribution in [3.05, 3.63) is 69.3 Å². The lowest BCUT2D eigenvalue weighted by Gasteiger charge is -2.09. The number of hydrogen-bond donors (Lipinski definition) is 2. The van der Waals surface area contributed by atoms with Crippen molar-refractivity contribution >= 4 is 46.0 Å². The van der Waals surface area contributed by atoms with E-state index in [1.54, 1.807) is 18.2 Å². The first-order chi connectivity index (χ1) is 13.7. The van der Waals surface area contributed by atoms with E-state index in [2.05, 4.69) is 15.4 Å². The van der Waals surface area contributed by atoms with Crippen LogP contribution < -0.4 is 5.73 Å². The zero-order valence-corrected chi connectivity index (χ0v) is 16.1. The van der Waals surface area contributed by atoms with E-state index < -0.39 is 11.7 Å². The van der Waals surface area contributed by atoms with E-state index in [1.165, 1.54) is 22.9 Å². The molecule has 3 aromatic rings. The molecule has 0 bridgehead atoms. The maximum absolute atomic E-state index is 13.2. The third-order valence-electron chi connectivity index (χ3n) is 4.02. The van der Waals surface area contributed by atoms with Gasteiger partial charge in [-0.15, -0.1) is 5.10 Å². The molecule has 150 valence electrons. The molecular formula is C18H13Cl2F3N6. The van der Waals surface area contributed by atoms with Gasteiger partial charge in [0.05, 0.1) is 23.3 Å². The molecule has 0 amide bonds.